The predicted octanol–water partition coefficient (Wildman–Crippen LogP) is 3.86. The zero-order chi connectivity index (χ0) is 13.5. The van der Waals surface area contributed by atoms with E-state index >= 15 is 0 Å². The van der Waals surface area contributed by atoms with Gasteiger partial charge in [0.1, 0.15) is 11.3 Å². The molecule has 0 spiro atoms. The molecule has 1 aromatic carbocycles. The quantitative estimate of drug-likeness (QED) is 0.519. The van der Waals surface area contributed by atoms with Crippen molar-refractivity contribution in [2.45, 2.75) is 6.92 Å². The minimum atomic E-state index is 0.925. The Kier molecular flexibility index (Phi) is 2.33. The number of nitrogens with zero attached hydrogens (tertiary/aromatic N) is 3. The Morgan fingerprint density at radius 3 is 2.50 bits per heavy atom. The second-order valence-electron chi connectivity index (χ2n) is 4.92. The van der Waals surface area contributed by atoms with Crippen molar-refractivity contribution in [3.63, 3.8) is 0 Å². The van der Waals surface area contributed by atoms with Gasteiger partial charge in [-0.25, -0.2) is 9.97 Å². The van der Waals surface area contributed by atoms with E-state index in [1.165, 1.54) is 0 Å². The summed E-state index contributed by atoms with van der Waals surface area (Å²) in [5.74, 6) is 0. The standard InChI is InChI=1S/C17H13N3/c1-12-7-8-14-9-10-16-19-15(11-20(16)17(14)18-12)13-5-3-2-4-6-13/h2-11H,1H3. The summed E-state index contributed by atoms with van der Waals surface area (Å²) in [6.45, 7) is 2.01. The zero-order valence-corrected chi connectivity index (χ0v) is 11.1. The molecule has 0 aliphatic carbocycles. The molecule has 4 aromatic rings. The molecule has 0 N–H and O–H groups in total. The van der Waals surface area contributed by atoms with Crippen LogP contribution in [0.1, 0.15) is 5.69 Å². The highest BCUT2D eigenvalue weighted by Gasteiger charge is 2.07. The first-order valence-corrected chi connectivity index (χ1v) is 6.62. The van der Waals surface area contributed by atoms with E-state index in [0.717, 1.165) is 33.6 Å². The number of imidazole rings is 1. The van der Waals surface area contributed by atoms with E-state index in [1.54, 1.807) is 0 Å². The van der Waals surface area contributed by atoms with Crippen molar-refractivity contribution >= 4 is 16.7 Å². The van der Waals surface area contributed by atoms with Crippen LogP contribution in [0.3, 0.4) is 0 Å². The van der Waals surface area contributed by atoms with E-state index in [0.29, 0.717) is 0 Å². The number of aryl methyl sites for hydroxylation is 1. The van der Waals surface area contributed by atoms with Gasteiger partial charge < -0.3 is 0 Å². The van der Waals surface area contributed by atoms with E-state index < -0.39 is 0 Å². The molecule has 0 amide bonds. The van der Waals surface area contributed by atoms with Gasteiger partial charge in [-0.2, -0.15) is 0 Å². The van der Waals surface area contributed by atoms with E-state index in [1.807, 2.05) is 37.3 Å². The maximum Gasteiger partial charge on any atom is 0.145 e. The number of rotatable bonds is 1. The Bertz CT molecular complexity index is 907. The van der Waals surface area contributed by atoms with Gasteiger partial charge in [0.25, 0.3) is 0 Å². The molecule has 20 heavy (non-hydrogen) atoms. The van der Waals surface area contributed by atoms with Crippen LogP contribution in [0.15, 0.2) is 60.8 Å². The maximum atomic E-state index is 4.69. The summed E-state index contributed by atoms with van der Waals surface area (Å²) in [5.41, 5.74) is 4.99. The fraction of sp³-hybridized carbons (Fsp3) is 0.0588. The summed E-state index contributed by atoms with van der Waals surface area (Å²) in [5, 5.41) is 1.13. The SMILES string of the molecule is Cc1ccc2ccc3nc(-c4ccccc4)cn3c2n1. The molecule has 3 heterocycles. The van der Waals surface area contributed by atoms with Gasteiger partial charge in [0.05, 0.1) is 5.69 Å². The molecule has 3 heteroatoms. The Labute approximate surface area is 116 Å². The predicted molar refractivity (Wildman–Crippen MR) is 80.7 cm³/mol. The maximum absolute atomic E-state index is 4.69. The summed E-state index contributed by atoms with van der Waals surface area (Å²) in [6, 6.07) is 18.4. The number of fused-ring (bicyclic) bond motifs is 3. The van der Waals surface area contributed by atoms with Gasteiger partial charge in [0.2, 0.25) is 0 Å². The van der Waals surface area contributed by atoms with Crippen molar-refractivity contribution in [2.24, 2.45) is 0 Å². The van der Waals surface area contributed by atoms with Gasteiger partial charge in [-0.15, -0.1) is 0 Å². The Morgan fingerprint density at radius 2 is 1.65 bits per heavy atom. The van der Waals surface area contributed by atoms with E-state index in [-0.39, 0.29) is 0 Å². The molecule has 0 fully saturated rings. The van der Waals surface area contributed by atoms with Gasteiger partial charge in [0.15, 0.2) is 0 Å². The third kappa shape index (κ3) is 1.67. The normalized spacial score (nSPS) is 11.2. The molecule has 0 saturated heterocycles. The monoisotopic (exact) mass is 259 g/mol. The second kappa shape index (κ2) is 4.17. The first kappa shape index (κ1) is 11.2. The molecule has 0 saturated carbocycles. The second-order valence-corrected chi connectivity index (χ2v) is 4.92. The first-order valence-electron chi connectivity index (χ1n) is 6.62. The molecular weight excluding hydrogens is 246 g/mol. The lowest BCUT2D eigenvalue weighted by Gasteiger charge is -2.01. The molecule has 0 atom stereocenters. The summed E-state index contributed by atoms with van der Waals surface area (Å²) < 4.78 is 2.06. The van der Waals surface area contributed by atoms with Crippen LogP contribution in [-0.2, 0) is 0 Å². The minimum Gasteiger partial charge on any atom is -0.283 e. The Morgan fingerprint density at radius 1 is 0.850 bits per heavy atom. The van der Waals surface area contributed by atoms with Gasteiger partial charge in [-0.3, -0.25) is 4.40 Å². The van der Waals surface area contributed by atoms with E-state index in [9.17, 15) is 0 Å². The average Bonchev–Trinajstić information content (AvgIpc) is 2.93. The van der Waals surface area contributed by atoms with Gasteiger partial charge >= 0.3 is 0 Å². The van der Waals surface area contributed by atoms with Crippen molar-refractivity contribution < 1.29 is 0 Å². The zero-order valence-electron chi connectivity index (χ0n) is 11.1. The van der Waals surface area contributed by atoms with Crippen LogP contribution in [0, 0.1) is 6.92 Å². The van der Waals surface area contributed by atoms with Crippen LogP contribution >= 0.6 is 0 Å². The van der Waals surface area contributed by atoms with Crippen LogP contribution in [0.5, 0.6) is 0 Å². The summed E-state index contributed by atoms with van der Waals surface area (Å²) in [4.78, 5) is 9.32. The van der Waals surface area contributed by atoms with Crippen LogP contribution < -0.4 is 0 Å². The van der Waals surface area contributed by atoms with Crippen molar-refractivity contribution in [1.82, 2.24) is 14.4 Å². The third-order valence-corrected chi connectivity index (χ3v) is 3.49. The molecule has 3 nitrogen and oxygen atoms in total. The highest BCUT2D eigenvalue weighted by molar-refractivity contribution is 5.79. The average molecular weight is 259 g/mol. The molecule has 0 bridgehead atoms. The van der Waals surface area contributed by atoms with Gasteiger partial charge in [-0.1, -0.05) is 30.3 Å². The van der Waals surface area contributed by atoms with Crippen LogP contribution in [0.2, 0.25) is 0 Å². The lowest BCUT2D eigenvalue weighted by Crippen LogP contribution is -1.91. The van der Waals surface area contributed by atoms with E-state index in [2.05, 4.69) is 44.8 Å². The molecule has 0 aliphatic rings. The lowest BCUT2D eigenvalue weighted by atomic mass is 10.2. The van der Waals surface area contributed by atoms with Gasteiger partial charge in [0, 0.05) is 22.8 Å². The number of pyridine rings is 2. The topological polar surface area (TPSA) is 30.2 Å². The van der Waals surface area contributed by atoms with Crippen LogP contribution in [0.25, 0.3) is 27.9 Å². The highest BCUT2D eigenvalue weighted by Crippen LogP contribution is 2.22. The third-order valence-electron chi connectivity index (χ3n) is 3.49. The number of hydrogen-bond donors (Lipinski definition) is 0. The largest absolute Gasteiger partial charge is 0.283 e. The van der Waals surface area contributed by atoms with Gasteiger partial charge in [-0.05, 0) is 31.2 Å². The van der Waals surface area contributed by atoms with Crippen LogP contribution in [0.4, 0.5) is 0 Å². The number of aromatic nitrogens is 3. The first-order chi connectivity index (χ1) is 9.81. The summed E-state index contributed by atoms with van der Waals surface area (Å²) in [7, 11) is 0. The van der Waals surface area contributed by atoms with E-state index in [4.69, 9.17) is 0 Å². The fourth-order valence-corrected chi connectivity index (χ4v) is 2.47. The molecule has 3 aromatic heterocycles. The number of benzene rings is 1. The fourth-order valence-electron chi connectivity index (χ4n) is 2.47. The van der Waals surface area contributed by atoms with Crippen molar-refractivity contribution in [3.8, 4) is 11.3 Å². The molecule has 96 valence electrons. The Balaban J connectivity index is 2.04. The molecule has 0 unspecified atom stereocenters. The molecule has 0 aliphatic heterocycles. The summed E-state index contributed by atoms with van der Waals surface area (Å²) in [6.07, 6.45) is 2.06. The van der Waals surface area contributed by atoms with Crippen molar-refractivity contribution in [3.05, 3.63) is 66.5 Å². The Hall–Kier alpha value is -2.68. The highest BCUT2D eigenvalue weighted by atomic mass is 15.0. The minimum absolute atomic E-state index is 0.925. The number of hydrogen-bond acceptors (Lipinski definition) is 2. The lowest BCUT2D eigenvalue weighted by molar-refractivity contribution is 1.15. The molecular formula is C17H13N3. The summed E-state index contributed by atoms with van der Waals surface area (Å²) >= 11 is 0. The molecule has 4 rings (SSSR count). The smallest absolute Gasteiger partial charge is 0.145 e. The van der Waals surface area contributed by atoms with Crippen LogP contribution in [-0.4, -0.2) is 14.4 Å². The molecule has 0 radical (unpaired) electrons. The van der Waals surface area contributed by atoms with Crippen molar-refractivity contribution in [1.29, 1.82) is 0 Å². The van der Waals surface area contributed by atoms with Crippen molar-refractivity contribution in [2.75, 3.05) is 0 Å².